The van der Waals surface area contributed by atoms with E-state index in [1.54, 1.807) is 29.2 Å². The van der Waals surface area contributed by atoms with Gasteiger partial charge in [-0.25, -0.2) is 4.79 Å². The lowest BCUT2D eigenvalue weighted by atomic mass is 10.1. The van der Waals surface area contributed by atoms with Crippen molar-refractivity contribution in [3.8, 4) is 5.75 Å². The minimum atomic E-state index is -4.12. The second-order valence-corrected chi connectivity index (χ2v) is 10.5. The van der Waals surface area contributed by atoms with Crippen LogP contribution < -0.4 is 14.8 Å². The molecule has 8 nitrogen and oxygen atoms in total. The normalized spacial score (nSPS) is 12.5. The van der Waals surface area contributed by atoms with E-state index in [9.17, 15) is 18.0 Å². The molecule has 0 fully saturated rings. The Morgan fingerprint density at radius 1 is 1.06 bits per heavy atom. The number of carbonyl (C=O) groups is 2. The van der Waals surface area contributed by atoms with Gasteiger partial charge in [0.1, 0.15) is 10.6 Å². The molecule has 180 valence electrons. The number of hydrogen-bond donors (Lipinski definition) is 2. The van der Waals surface area contributed by atoms with E-state index < -0.39 is 15.7 Å². The van der Waals surface area contributed by atoms with Gasteiger partial charge >= 0.3 is 16.1 Å². The van der Waals surface area contributed by atoms with Gasteiger partial charge in [0.05, 0.1) is 6.54 Å². The van der Waals surface area contributed by atoms with Crippen molar-refractivity contribution in [2.75, 3.05) is 5.32 Å². The van der Waals surface area contributed by atoms with Gasteiger partial charge in [0.15, 0.2) is 0 Å². The summed E-state index contributed by atoms with van der Waals surface area (Å²) in [5.74, 6) is -0.0996. The fourth-order valence-corrected chi connectivity index (χ4v) is 3.98. The average Bonchev–Trinajstić information content (AvgIpc) is 2.71. The van der Waals surface area contributed by atoms with Crippen LogP contribution in [0.25, 0.3) is 0 Å². The molecule has 2 aromatic carbocycles. The molecule has 2 rings (SSSR count). The van der Waals surface area contributed by atoms with E-state index in [1.807, 2.05) is 34.6 Å². The Morgan fingerprint density at radius 3 is 2.21 bits per heavy atom. The molecule has 3 amide bonds. The zero-order chi connectivity index (χ0) is 24.8. The molecule has 0 bridgehead atoms. The first kappa shape index (κ1) is 26.2. The van der Waals surface area contributed by atoms with Crippen molar-refractivity contribution in [2.45, 2.75) is 71.0 Å². The molecular formula is C24H33N3O5S. The third-order valence-electron chi connectivity index (χ3n) is 4.84. The largest absolute Gasteiger partial charge is 0.379 e. The summed E-state index contributed by atoms with van der Waals surface area (Å²) in [6.07, 6.45) is 0.736. The maximum Gasteiger partial charge on any atom is 0.339 e. The van der Waals surface area contributed by atoms with Crippen molar-refractivity contribution in [3.63, 3.8) is 0 Å². The van der Waals surface area contributed by atoms with Crippen molar-refractivity contribution in [2.24, 2.45) is 0 Å². The van der Waals surface area contributed by atoms with Gasteiger partial charge in [0.25, 0.3) is 0 Å². The third kappa shape index (κ3) is 7.78. The van der Waals surface area contributed by atoms with Crippen LogP contribution in [0.5, 0.6) is 5.75 Å². The van der Waals surface area contributed by atoms with Gasteiger partial charge in [-0.3, -0.25) is 4.79 Å². The molecule has 0 aliphatic rings. The number of anilines is 1. The van der Waals surface area contributed by atoms with Crippen LogP contribution in [-0.2, 0) is 21.5 Å². The molecule has 1 atom stereocenters. The number of hydrogen-bond acceptors (Lipinski definition) is 5. The van der Waals surface area contributed by atoms with E-state index in [0.29, 0.717) is 11.3 Å². The molecule has 0 saturated carbocycles. The molecule has 0 heterocycles. The zero-order valence-corrected chi connectivity index (χ0v) is 20.8. The van der Waals surface area contributed by atoms with E-state index in [0.717, 1.165) is 6.42 Å². The summed E-state index contributed by atoms with van der Waals surface area (Å²) in [6, 6.07) is 12.2. The van der Waals surface area contributed by atoms with Crippen LogP contribution in [0.2, 0.25) is 0 Å². The molecule has 0 aromatic heterocycles. The lowest BCUT2D eigenvalue weighted by Crippen LogP contribution is -2.50. The van der Waals surface area contributed by atoms with E-state index in [1.165, 1.54) is 31.2 Å². The standard InChI is InChI=1S/C24H33N3O5S/c1-7-17(2)27(23(29)26-24(4,5)6)16-19-10-8-9-11-22(19)32-33(30,31)21-14-12-20(13-15-21)25-18(3)28/h8-15,17H,7,16H2,1-6H3,(H,25,28)(H,26,29). The Balaban J connectivity index is 2.29. The Morgan fingerprint density at radius 2 is 1.67 bits per heavy atom. The lowest BCUT2D eigenvalue weighted by Gasteiger charge is -2.32. The number of nitrogens with zero attached hydrogens (tertiary/aromatic N) is 1. The summed E-state index contributed by atoms with van der Waals surface area (Å²) in [5.41, 5.74) is 0.641. The topological polar surface area (TPSA) is 105 Å². The molecule has 0 saturated heterocycles. The molecule has 1 unspecified atom stereocenters. The van der Waals surface area contributed by atoms with Gasteiger partial charge in [0.2, 0.25) is 5.91 Å². The summed E-state index contributed by atoms with van der Waals surface area (Å²) < 4.78 is 31.2. The van der Waals surface area contributed by atoms with Crippen LogP contribution in [0.15, 0.2) is 53.4 Å². The van der Waals surface area contributed by atoms with Crippen LogP contribution in [0.1, 0.15) is 53.5 Å². The summed E-state index contributed by atoms with van der Waals surface area (Å²) in [6.45, 7) is 11.2. The monoisotopic (exact) mass is 475 g/mol. The number of nitrogens with one attached hydrogen (secondary N) is 2. The van der Waals surface area contributed by atoms with E-state index in [2.05, 4.69) is 10.6 Å². The van der Waals surface area contributed by atoms with Gasteiger partial charge < -0.3 is 19.7 Å². The minimum Gasteiger partial charge on any atom is -0.379 e. The second kappa shape index (κ2) is 10.7. The summed E-state index contributed by atoms with van der Waals surface area (Å²) >= 11 is 0. The molecule has 33 heavy (non-hydrogen) atoms. The highest BCUT2D eigenvalue weighted by Crippen LogP contribution is 2.26. The van der Waals surface area contributed by atoms with Gasteiger partial charge in [-0.15, -0.1) is 0 Å². The molecule has 2 aromatic rings. The van der Waals surface area contributed by atoms with Crippen molar-refractivity contribution in [1.82, 2.24) is 10.2 Å². The van der Waals surface area contributed by atoms with Crippen molar-refractivity contribution in [3.05, 3.63) is 54.1 Å². The molecule has 2 N–H and O–H groups in total. The van der Waals surface area contributed by atoms with Crippen LogP contribution in [0, 0.1) is 0 Å². The fourth-order valence-electron chi connectivity index (χ4n) is 3.01. The molecule has 0 aliphatic heterocycles. The molecular weight excluding hydrogens is 442 g/mol. The van der Waals surface area contributed by atoms with E-state index in [4.69, 9.17) is 4.18 Å². The Bertz CT molecular complexity index is 1080. The number of urea groups is 1. The highest BCUT2D eigenvalue weighted by Gasteiger charge is 2.25. The number of amides is 3. The molecule has 0 aliphatic carbocycles. The fraction of sp³-hybridized carbons (Fsp3) is 0.417. The zero-order valence-electron chi connectivity index (χ0n) is 20.0. The molecule has 0 radical (unpaired) electrons. The maximum absolute atomic E-state index is 12.9. The maximum atomic E-state index is 12.9. The Labute approximate surface area is 196 Å². The number of rotatable bonds is 8. The van der Waals surface area contributed by atoms with Crippen LogP contribution in [0.4, 0.5) is 10.5 Å². The lowest BCUT2D eigenvalue weighted by molar-refractivity contribution is -0.114. The first-order chi connectivity index (χ1) is 15.3. The average molecular weight is 476 g/mol. The first-order valence-corrected chi connectivity index (χ1v) is 12.2. The third-order valence-corrected chi connectivity index (χ3v) is 6.09. The first-order valence-electron chi connectivity index (χ1n) is 10.8. The van der Waals surface area contributed by atoms with Gasteiger partial charge in [-0.1, -0.05) is 25.1 Å². The van der Waals surface area contributed by atoms with Crippen LogP contribution in [-0.4, -0.2) is 36.8 Å². The SMILES string of the molecule is CCC(C)N(Cc1ccccc1OS(=O)(=O)c1ccc(NC(C)=O)cc1)C(=O)NC(C)(C)C. The van der Waals surface area contributed by atoms with Crippen molar-refractivity contribution >= 4 is 27.7 Å². The number of carbonyl (C=O) groups excluding carboxylic acids is 2. The second-order valence-electron chi connectivity index (χ2n) is 8.92. The molecule has 0 spiro atoms. The van der Waals surface area contributed by atoms with Crippen molar-refractivity contribution in [1.29, 1.82) is 0 Å². The van der Waals surface area contributed by atoms with Crippen molar-refractivity contribution < 1.29 is 22.2 Å². The van der Waals surface area contributed by atoms with E-state index >= 15 is 0 Å². The minimum absolute atomic E-state index is 0.0457. The molecule has 9 heteroatoms. The quantitative estimate of drug-likeness (QED) is 0.546. The summed E-state index contributed by atoms with van der Waals surface area (Å²) in [4.78, 5) is 25.7. The number of benzene rings is 2. The van der Waals surface area contributed by atoms with Gasteiger partial charge in [0, 0.05) is 29.8 Å². The van der Waals surface area contributed by atoms with Gasteiger partial charge in [-0.2, -0.15) is 8.42 Å². The van der Waals surface area contributed by atoms with Crippen LogP contribution >= 0.6 is 0 Å². The number of para-hydroxylation sites is 1. The summed E-state index contributed by atoms with van der Waals surface area (Å²) in [7, 11) is -4.12. The van der Waals surface area contributed by atoms with E-state index in [-0.39, 0.29) is 35.2 Å². The predicted molar refractivity (Wildman–Crippen MR) is 129 cm³/mol. The predicted octanol–water partition coefficient (Wildman–Crippen LogP) is 4.52. The Hall–Kier alpha value is -3.07. The highest BCUT2D eigenvalue weighted by molar-refractivity contribution is 7.87. The van der Waals surface area contributed by atoms with Crippen LogP contribution in [0.3, 0.4) is 0 Å². The van der Waals surface area contributed by atoms with Gasteiger partial charge in [-0.05, 0) is 64.4 Å². The highest BCUT2D eigenvalue weighted by atomic mass is 32.2. The smallest absolute Gasteiger partial charge is 0.339 e. The summed E-state index contributed by atoms with van der Waals surface area (Å²) in [5, 5.41) is 5.55. The Kier molecular flexibility index (Phi) is 8.49.